The number of hydrogen-bond acceptors (Lipinski definition) is 4. The average Bonchev–Trinajstić information content (AvgIpc) is 3.01. The first-order valence-electron chi connectivity index (χ1n) is 7.41. The molecule has 0 atom stereocenters. The van der Waals surface area contributed by atoms with E-state index < -0.39 is 0 Å². The third-order valence-electron chi connectivity index (χ3n) is 3.61. The van der Waals surface area contributed by atoms with Crippen LogP contribution in [-0.2, 0) is 17.9 Å². The normalized spacial score (nSPS) is 10.7. The predicted octanol–water partition coefficient (Wildman–Crippen LogP) is 2.15. The second-order valence-electron chi connectivity index (χ2n) is 5.18. The monoisotopic (exact) mass is 310 g/mol. The van der Waals surface area contributed by atoms with Crippen LogP contribution in [0.25, 0.3) is 10.9 Å². The Bertz CT molecular complexity index is 799. The lowest BCUT2D eigenvalue weighted by atomic mass is 10.2. The van der Waals surface area contributed by atoms with E-state index in [1.54, 1.807) is 25.7 Å². The highest BCUT2D eigenvalue weighted by Crippen LogP contribution is 2.20. The minimum atomic E-state index is -0.00832. The molecule has 6 nitrogen and oxygen atoms in total. The molecule has 0 saturated heterocycles. The Hall–Kier alpha value is -2.89. The number of nitrogens with zero attached hydrogens (tertiary/aromatic N) is 3. The van der Waals surface area contributed by atoms with Gasteiger partial charge < -0.3 is 10.1 Å². The van der Waals surface area contributed by atoms with Crippen molar-refractivity contribution >= 4 is 16.8 Å². The van der Waals surface area contributed by atoms with Crippen molar-refractivity contribution < 1.29 is 9.53 Å². The van der Waals surface area contributed by atoms with Crippen LogP contribution in [0, 0.1) is 0 Å². The maximum Gasteiger partial charge on any atom is 0.222 e. The van der Waals surface area contributed by atoms with Crippen molar-refractivity contribution in [3.63, 3.8) is 0 Å². The topological polar surface area (TPSA) is 69.0 Å². The van der Waals surface area contributed by atoms with Crippen molar-refractivity contribution in [2.45, 2.75) is 19.5 Å². The number of carbonyl (C=O) groups excluding carboxylic acids is 1. The summed E-state index contributed by atoms with van der Waals surface area (Å²) in [5.74, 6) is 0.789. The van der Waals surface area contributed by atoms with Crippen LogP contribution in [0.5, 0.6) is 5.75 Å². The molecule has 0 aliphatic rings. The number of aryl methyl sites for hydroxylation is 1. The summed E-state index contributed by atoms with van der Waals surface area (Å²) < 4.78 is 7.03. The average molecular weight is 310 g/mol. The van der Waals surface area contributed by atoms with Crippen molar-refractivity contribution in [2.75, 3.05) is 7.11 Å². The number of carbonyl (C=O) groups is 1. The van der Waals surface area contributed by atoms with Gasteiger partial charge >= 0.3 is 0 Å². The van der Waals surface area contributed by atoms with E-state index >= 15 is 0 Å². The molecule has 0 aliphatic heterocycles. The van der Waals surface area contributed by atoms with Gasteiger partial charge in [0.15, 0.2) is 0 Å². The summed E-state index contributed by atoms with van der Waals surface area (Å²) >= 11 is 0. The lowest BCUT2D eigenvalue weighted by molar-refractivity contribution is -0.121. The molecule has 0 radical (unpaired) electrons. The molecule has 3 aromatic rings. The van der Waals surface area contributed by atoms with Crippen LogP contribution in [0.15, 0.2) is 48.9 Å². The fraction of sp³-hybridized carbons (Fsp3) is 0.235. The second kappa shape index (κ2) is 6.91. The molecule has 1 amide bonds. The van der Waals surface area contributed by atoms with Gasteiger partial charge in [-0.3, -0.25) is 14.5 Å². The zero-order valence-electron chi connectivity index (χ0n) is 12.9. The maximum atomic E-state index is 12.0. The number of amides is 1. The first kappa shape index (κ1) is 15.0. The Morgan fingerprint density at radius 3 is 3.00 bits per heavy atom. The highest BCUT2D eigenvalue weighted by atomic mass is 16.5. The number of ether oxygens (including phenoxy) is 1. The molecule has 118 valence electrons. The van der Waals surface area contributed by atoms with Gasteiger partial charge in [0.1, 0.15) is 5.75 Å². The van der Waals surface area contributed by atoms with Crippen LogP contribution >= 0.6 is 0 Å². The number of fused-ring (bicyclic) bond motifs is 1. The Labute approximate surface area is 134 Å². The van der Waals surface area contributed by atoms with E-state index in [9.17, 15) is 4.79 Å². The van der Waals surface area contributed by atoms with E-state index in [1.807, 2.05) is 35.0 Å². The summed E-state index contributed by atoms with van der Waals surface area (Å²) in [6, 6.07) is 9.56. The molecular formula is C17H18N4O2. The van der Waals surface area contributed by atoms with Crippen LogP contribution < -0.4 is 10.1 Å². The molecular weight excluding hydrogens is 292 g/mol. The van der Waals surface area contributed by atoms with Gasteiger partial charge in [-0.15, -0.1) is 0 Å². The van der Waals surface area contributed by atoms with E-state index in [1.165, 1.54) is 0 Å². The van der Waals surface area contributed by atoms with Crippen molar-refractivity contribution in [3.8, 4) is 5.75 Å². The Morgan fingerprint density at radius 2 is 2.22 bits per heavy atom. The number of aromatic nitrogens is 3. The number of methoxy groups -OCH3 is 1. The van der Waals surface area contributed by atoms with Crippen molar-refractivity contribution in [1.82, 2.24) is 20.1 Å². The number of benzene rings is 1. The van der Waals surface area contributed by atoms with E-state index in [4.69, 9.17) is 4.74 Å². The minimum Gasteiger partial charge on any atom is -0.497 e. The summed E-state index contributed by atoms with van der Waals surface area (Å²) in [6.07, 6.45) is 5.62. The first-order valence-corrected chi connectivity index (χ1v) is 7.41. The van der Waals surface area contributed by atoms with Crippen molar-refractivity contribution in [3.05, 3.63) is 54.5 Å². The van der Waals surface area contributed by atoms with Crippen molar-refractivity contribution in [2.24, 2.45) is 0 Å². The smallest absolute Gasteiger partial charge is 0.222 e. The van der Waals surface area contributed by atoms with Gasteiger partial charge in [-0.1, -0.05) is 6.07 Å². The highest BCUT2D eigenvalue weighted by molar-refractivity contribution is 5.80. The molecule has 0 bridgehead atoms. The quantitative estimate of drug-likeness (QED) is 0.757. The molecule has 0 unspecified atom stereocenters. The molecule has 6 heteroatoms. The molecule has 0 aliphatic carbocycles. The SMILES string of the molecule is COc1ccc2c(cnn2CCC(=O)NCc2cccnc2)c1. The number of rotatable bonds is 6. The number of pyridine rings is 1. The van der Waals surface area contributed by atoms with E-state index in [0.717, 1.165) is 22.2 Å². The van der Waals surface area contributed by atoms with E-state index in [0.29, 0.717) is 19.5 Å². The summed E-state index contributed by atoms with van der Waals surface area (Å²) in [7, 11) is 1.64. The van der Waals surface area contributed by atoms with Crippen LogP contribution in [0.3, 0.4) is 0 Å². The Kier molecular flexibility index (Phi) is 4.52. The Morgan fingerprint density at radius 1 is 1.30 bits per heavy atom. The minimum absolute atomic E-state index is 0.00832. The van der Waals surface area contributed by atoms with Gasteiger partial charge in [-0.25, -0.2) is 0 Å². The summed E-state index contributed by atoms with van der Waals surface area (Å²) in [6.45, 7) is 1.03. The molecule has 2 heterocycles. The first-order chi connectivity index (χ1) is 11.3. The fourth-order valence-corrected chi connectivity index (χ4v) is 2.37. The van der Waals surface area contributed by atoms with Crippen LogP contribution in [0.1, 0.15) is 12.0 Å². The largest absolute Gasteiger partial charge is 0.497 e. The van der Waals surface area contributed by atoms with E-state index in [2.05, 4.69) is 15.4 Å². The molecule has 1 N–H and O–H groups in total. The highest BCUT2D eigenvalue weighted by Gasteiger charge is 2.07. The molecule has 0 spiro atoms. The van der Waals surface area contributed by atoms with Crippen LogP contribution in [0.4, 0.5) is 0 Å². The summed E-state index contributed by atoms with van der Waals surface area (Å²) in [5.41, 5.74) is 1.98. The molecule has 1 aromatic carbocycles. The molecule has 23 heavy (non-hydrogen) atoms. The summed E-state index contributed by atoms with van der Waals surface area (Å²) in [5, 5.41) is 8.22. The maximum absolute atomic E-state index is 12.0. The molecule has 0 fully saturated rings. The molecule has 0 saturated carbocycles. The van der Waals surface area contributed by atoms with Crippen LogP contribution in [0.2, 0.25) is 0 Å². The van der Waals surface area contributed by atoms with Gasteiger partial charge in [0.25, 0.3) is 0 Å². The fourth-order valence-electron chi connectivity index (χ4n) is 2.37. The van der Waals surface area contributed by atoms with Crippen LogP contribution in [-0.4, -0.2) is 27.8 Å². The van der Waals surface area contributed by atoms with E-state index in [-0.39, 0.29) is 5.91 Å². The number of hydrogen-bond donors (Lipinski definition) is 1. The second-order valence-corrected chi connectivity index (χ2v) is 5.18. The van der Waals surface area contributed by atoms with Gasteiger partial charge in [-0.05, 0) is 29.8 Å². The lowest BCUT2D eigenvalue weighted by Gasteiger charge is -2.06. The van der Waals surface area contributed by atoms with Gasteiger partial charge in [-0.2, -0.15) is 5.10 Å². The summed E-state index contributed by atoms with van der Waals surface area (Å²) in [4.78, 5) is 16.0. The number of nitrogens with one attached hydrogen (secondary N) is 1. The van der Waals surface area contributed by atoms with Gasteiger partial charge in [0, 0.05) is 30.7 Å². The zero-order chi connectivity index (χ0) is 16.1. The third-order valence-corrected chi connectivity index (χ3v) is 3.61. The third kappa shape index (κ3) is 3.66. The standard InChI is InChI=1S/C17H18N4O2/c1-23-15-4-5-16-14(9-15)12-20-21(16)8-6-17(22)19-11-13-3-2-7-18-10-13/h2-5,7,9-10,12H,6,8,11H2,1H3,(H,19,22). The van der Waals surface area contributed by atoms with Crippen molar-refractivity contribution in [1.29, 1.82) is 0 Å². The molecule has 2 aromatic heterocycles. The Balaban J connectivity index is 1.56. The lowest BCUT2D eigenvalue weighted by Crippen LogP contribution is -2.24. The molecule has 3 rings (SSSR count). The zero-order valence-corrected chi connectivity index (χ0v) is 12.9. The van der Waals surface area contributed by atoms with Gasteiger partial charge in [0.05, 0.1) is 25.4 Å². The predicted molar refractivity (Wildman–Crippen MR) is 87.0 cm³/mol. The van der Waals surface area contributed by atoms with Gasteiger partial charge in [0.2, 0.25) is 5.91 Å².